The van der Waals surface area contributed by atoms with E-state index in [1.807, 2.05) is 0 Å². The fourth-order valence-electron chi connectivity index (χ4n) is 6.69. The van der Waals surface area contributed by atoms with E-state index in [4.69, 9.17) is 23.9 Å². The zero-order valence-electron chi connectivity index (χ0n) is 23.4. The molecule has 3 atom stereocenters. The molecule has 0 bridgehead atoms. The summed E-state index contributed by atoms with van der Waals surface area (Å²) in [5.41, 5.74) is 9.58. The SMILES string of the molecule is CN(C)c1ccc(C2=CC=C[C@@H]3C([Si](C)(C)N4c5ccccc5[N-]c5ccccc54)CC[C@H]23)cc1.[CH3-].[Cl][Ti][Cl]. The zero-order valence-corrected chi connectivity index (χ0v) is 27.5. The number of rotatable bonds is 4. The van der Waals surface area contributed by atoms with E-state index in [1.165, 1.54) is 41.0 Å². The quantitative estimate of drug-likeness (QED) is 0.216. The van der Waals surface area contributed by atoms with E-state index in [2.05, 4.69) is 128 Å². The molecule has 3 aliphatic rings. The van der Waals surface area contributed by atoms with Gasteiger partial charge in [-0.2, -0.15) is 0 Å². The average Bonchev–Trinajstić information content (AvgIpc) is 3.37. The van der Waals surface area contributed by atoms with Gasteiger partial charge >= 0.3 is 35.6 Å². The van der Waals surface area contributed by atoms with Gasteiger partial charge in [-0.3, -0.25) is 0 Å². The zero-order chi connectivity index (χ0) is 26.9. The molecule has 0 saturated heterocycles. The monoisotopic (exact) mass is 609 g/mol. The molecule has 0 N–H and O–H groups in total. The first-order valence-corrected chi connectivity index (χ1v) is 20.5. The molecule has 7 heteroatoms. The van der Waals surface area contributed by atoms with E-state index >= 15 is 0 Å². The van der Waals surface area contributed by atoms with Gasteiger partial charge in [0.1, 0.15) is 0 Å². The Balaban J connectivity index is 0.000000845. The summed E-state index contributed by atoms with van der Waals surface area (Å²) < 4.78 is 2.72. The van der Waals surface area contributed by atoms with Crippen LogP contribution in [0, 0.1) is 19.3 Å². The third-order valence-electron chi connectivity index (χ3n) is 8.41. The maximum atomic E-state index is 5.01. The van der Waals surface area contributed by atoms with E-state index < -0.39 is 25.3 Å². The summed E-state index contributed by atoms with van der Waals surface area (Å²) in [6.07, 6.45) is 9.75. The standard InChI is InChI=1S/C31H34N3Si.CH3.2ClH.Ti/c1-33(2)23-18-16-22(17-19-23)24-10-9-11-26-25(24)20-21-31(26)35(3,4)34-29-14-7-5-12-27(29)32-28-13-6-8-15-30(28)34;;;;/h5-19,25-26,31H,20-21H2,1-4H3;1H3;2*1H;/q2*-1;;;+2/p-2/t25-,26+,31?;;;;/m1..../s1. The number of para-hydroxylation sites is 4. The van der Waals surface area contributed by atoms with Crippen molar-refractivity contribution in [2.45, 2.75) is 31.5 Å². The topological polar surface area (TPSA) is 20.6 Å². The molecule has 3 aromatic rings. The second kappa shape index (κ2) is 12.7. The molecule has 1 unspecified atom stereocenters. The van der Waals surface area contributed by atoms with Crippen LogP contribution < -0.4 is 9.47 Å². The number of nitrogens with zero attached hydrogens (tertiary/aromatic N) is 3. The van der Waals surface area contributed by atoms with Gasteiger partial charge in [-0.25, -0.2) is 0 Å². The first-order chi connectivity index (χ1) is 18.4. The summed E-state index contributed by atoms with van der Waals surface area (Å²) in [6.45, 7) is 5.16. The molecule has 3 nitrogen and oxygen atoms in total. The van der Waals surface area contributed by atoms with Crippen molar-refractivity contribution in [2.24, 2.45) is 11.8 Å². The first kappa shape index (κ1) is 30.0. The Hall–Kier alpha value is -1.95. The van der Waals surface area contributed by atoms with Crippen LogP contribution in [-0.2, 0) is 17.0 Å². The summed E-state index contributed by atoms with van der Waals surface area (Å²) >= 11 is -0.556. The molecular weight excluding hydrogens is 573 g/mol. The Bertz CT molecular complexity index is 1290. The fraction of sp³-hybridized carbons (Fsp3) is 0.281. The van der Waals surface area contributed by atoms with Crippen molar-refractivity contribution in [1.82, 2.24) is 0 Å². The van der Waals surface area contributed by atoms with Gasteiger partial charge in [0.25, 0.3) is 0 Å². The summed E-state index contributed by atoms with van der Waals surface area (Å²) in [5, 5.41) is 5.01. The molecule has 204 valence electrons. The van der Waals surface area contributed by atoms with E-state index in [0.29, 0.717) is 17.4 Å². The Morgan fingerprint density at radius 1 is 0.872 bits per heavy atom. The molecule has 3 aromatic carbocycles. The van der Waals surface area contributed by atoms with Crippen molar-refractivity contribution in [1.29, 1.82) is 0 Å². The van der Waals surface area contributed by atoms with Gasteiger partial charge in [0.05, 0.1) is 0 Å². The normalized spacial score (nSPS) is 20.6. The Labute approximate surface area is 252 Å². The number of halogens is 2. The van der Waals surface area contributed by atoms with Crippen molar-refractivity contribution >= 4 is 60.9 Å². The predicted molar refractivity (Wildman–Crippen MR) is 171 cm³/mol. The van der Waals surface area contributed by atoms with Crippen LogP contribution in [0.1, 0.15) is 18.4 Å². The van der Waals surface area contributed by atoms with Gasteiger partial charge in [0.15, 0.2) is 8.24 Å². The maximum absolute atomic E-state index is 5.01. The molecule has 0 radical (unpaired) electrons. The molecule has 1 heterocycles. The Kier molecular flexibility index (Phi) is 9.78. The van der Waals surface area contributed by atoms with Gasteiger partial charge in [-0.1, -0.05) is 79.9 Å². The second-order valence-corrected chi connectivity index (χ2v) is 18.0. The van der Waals surface area contributed by atoms with E-state index in [0.717, 1.165) is 11.4 Å². The van der Waals surface area contributed by atoms with Crippen LogP contribution in [0.15, 0.2) is 91.0 Å². The summed E-state index contributed by atoms with van der Waals surface area (Å²) in [5.74, 6) is 1.19. The fourth-order valence-corrected chi connectivity index (χ4v) is 10.8. The van der Waals surface area contributed by atoms with Crippen molar-refractivity contribution in [3.8, 4) is 0 Å². The Morgan fingerprint density at radius 3 is 2.00 bits per heavy atom. The van der Waals surface area contributed by atoms with E-state index in [1.54, 1.807) is 0 Å². The van der Waals surface area contributed by atoms with Crippen molar-refractivity contribution < 1.29 is 17.0 Å². The molecule has 1 saturated carbocycles. The molecule has 39 heavy (non-hydrogen) atoms. The predicted octanol–water partition coefficient (Wildman–Crippen LogP) is 10.6. The summed E-state index contributed by atoms with van der Waals surface area (Å²) in [6, 6.07) is 26.5. The van der Waals surface area contributed by atoms with Gasteiger partial charge in [-0.05, 0) is 65.6 Å². The minimum atomic E-state index is -1.95. The van der Waals surface area contributed by atoms with Crippen LogP contribution in [0.5, 0.6) is 0 Å². The number of benzene rings is 3. The Morgan fingerprint density at radius 2 is 1.44 bits per heavy atom. The summed E-state index contributed by atoms with van der Waals surface area (Å²) in [7, 11) is 12.0. The first-order valence-electron chi connectivity index (χ1n) is 13.2. The number of fused-ring (bicyclic) bond motifs is 3. The van der Waals surface area contributed by atoms with Crippen LogP contribution in [0.3, 0.4) is 0 Å². The van der Waals surface area contributed by atoms with Crippen molar-refractivity contribution in [3.05, 3.63) is 109 Å². The third kappa shape index (κ3) is 5.78. The van der Waals surface area contributed by atoms with Crippen molar-refractivity contribution in [2.75, 3.05) is 23.6 Å². The van der Waals surface area contributed by atoms with Gasteiger partial charge in [0, 0.05) is 31.2 Å². The third-order valence-corrected chi connectivity index (χ3v) is 12.5. The molecule has 0 amide bonds. The van der Waals surface area contributed by atoms with Crippen LogP contribution in [0.2, 0.25) is 18.6 Å². The van der Waals surface area contributed by atoms with Gasteiger partial charge in [0.2, 0.25) is 0 Å². The average molecular weight is 611 g/mol. The molecule has 0 spiro atoms. The second-order valence-electron chi connectivity index (χ2n) is 11.0. The van der Waals surface area contributed by atoms with Crippen LogP contribution in [-0.4, -0.2) is 22.3 Å². The number of hydrogen-bond donors (Lipinski definition) is 0. The molecule has 1 aliphatic heterocycles. The molecule has 2 aliphatic carbocycles. The molecular formula is C32H37Cl2N3SiTi-2. The van der Waals surface area contributed by atoms with Crippen LogP contribution in [0.4, 0.5) is 28.4 Å². The van der Waals surface area contributed by atoms with Gasteiger partial charge < -0.3 is 22.2 Å². The number of hydrogen-bond acceptors (Lipinski definition) is 2. The van der Waals surface area contributed by atoms with Gasteiger partial charge in [-0.15, -0.1) is 11.4 Å². The van der Waals surface area contributed by atoms with Crippen LogP contribution >= 0.6 is 18.6 Å². The summed E-state index contributed by atoms with van der Waals surface area (Å²) in [4.78, 5) is 2.17. The van der Waals surface area contributed by atoms with Crippen LogP contribution in [0.25, 0.3) is 10.9 Å². The molecule has 1 fully saturated rings. The van der Waals surface area contributed by atoms with E-state index in [-0.39, 0.29) is 7.43 Å². The van der Waals surface area contributed by atoms with Crippen molar-refractivity contribution in [3.63, 3.8) is 0 Å². The number of allylic oxidation sites excluding steroid dienone is 4. The molecule has 6 rings (SSSR count). The molecule has 0 aromatic heterocycles. The number of anilines is 3. The van der Waals surface area contributed by atoms with E-state index in [9.17, 15) is 0 Å². The minimum absolute atomic E-state index is 0.